The first-order valence-electron chi connectivity index (χ1n) is 11.3. The van der Waals surface area contributed by atoms with Gasteiger partial charge < -0.3 is 9.47 Å². The molecule has 3 rings (SSSR count). The third-order valence-corrected chi connectivity index (χ3v) is 5.92. The second-order valence-electron chi connectivity index (χ2n) is 8.56. The number of rotatable bonds is 9. The molecule has 0 heterocycles. The highest BCUT2D eigenvalue weighted by Crippen LogP contribution is 2.41. The molecule has 0 N–H and O–H groups in total. The van der Waals surface area contributed by atoms with E-state index in [1.54, 1.807) is 6.08 Å². The Labute approximate surface area is 205 Å². The molecule has 0 aliphatic heterocycles. The minimum absolute atomic E-state index is 0.164. The van der Waals surface area contributed by atoms with Crippen molar-refractivity contribution in [2.45, 2.75) is 56.7 Å². The molecule has 0 bridgehead atoms. The lowest BCUT2D eigenvalue weighted by Gasteiger charge is -2.28. The molecule has 2 nitrogen and oxygen atoms in total. The summed E-state index contributed by atoms with van der Waals surface area (Å²) in [5, 5.41) is 0. The van der Waals surface area contributed by atoms with E-state index in [9.17, 15) is 43.9 Å². The first-order valence-corrected chi connectivity index (χ1v) is 11.3. The molecular weight excluding hydrogens is 522 g/mol. The zero-order valence-electron chi connectivity index (χ0n) is 19.1. The van der Waals surface area contributed by atoms with Crippen molar-refractivity contribution < 1.29 is 53.4 Å². The molecule has 0 saturated heterocycles. The van der Waals surface area contributed by atoms with Crippen LogP contribution in [0.25, 0.3) is 0 Å². The maximum Gasteiger partial charge on any atom is 0.457 e. The Bertz CT molecular complexity index is 1070. The Kier molecular flexibility index (Phi) is 9.01. The summed E-state index contributed by atoms with van der Waals surface area (Å²) in [5.41, 5.74) is -1.56. The number of halogens is 10. The van der Waals surface area contributed by atoms with Crippen molar-refractivity contribution in [2.75, 3.05) is 6.67 Å². The van der Waals surface area contributed by atoms with Gasteiger partial charge in [0.1, 0.15) is 22.9 Å². The predicted molar refractivity (Wildman–Crippen MR) is 113 cm³/mol. The van der Waals surface area contributed by atoms with Crippen molar-refractivity contribution in [1.82, 2.24) is 0 Å². The van der Waals surface area contributed by atoms with Crippen LogP contribution in [-0.4, -0.2) is 19.2 Å². The van der Waals surface area contributed by atoms with E-state index in [0.717, 1.165) is 12.1 Å². The SMILES string of the molecule is FCC/C=C/C1CCC(c2cc(F)c(C(F)(F)Oc3ccc(OC(F)C(F)(F)F)c(F)c3)c(F)c2)CC1. The van der Waals surface area contributed by atoms with Crippen LogP contribution in [0.5, 0.6) is 11.5 Å². The zero-order valence-corrected chi connectivity index (χ0v) is 19.1. The fourth-order valence-corrected chi connectivity index (χ4v) is 4.12. The Hall–Kier alpha value is -2.92. The van der Waals surface area contributed by atoms with Crippen LogP contribution in [0.15, 0.2) is 42.5 Å². The molecule has 37 heavy (non-hydrogen) atoms. The third kappa shape index (κ3) is 7.32. The Morgan fingerprint density at radius 2 is 1.51 bits per heavy atom. The van der Waals surface area contributed by atoms with Crippen LogP contribution in [0.2, 0.25) is 0 Å². The van der Waals surface area contributed by atoms with Gasteiger partial charge in [-0.05, 0) is 73.8 Å². The van der Waals surface area contributed by atoms with Gasteiger partial charge in [-0.2, -0.15) is 26.3 Å². The minimum atomic E-state index is -5.46. The van der Waals surface area contributed by atoms with E-state index in [4.69, 9.17) is 0 Å². The first-order chi connectivity index (χ1) is 17.3. The van der Waals surface area contributed by atoms with Crippen molar-refractivity contribution in [3.05, 3.63) is 71.1 Å². The lowest BCUT2D eigenvalue weighted by Crippen LogP contribution is -2.30. The fourth-order valence-electron chi connectivity index (χ4n) is 4.12. The van der Waals surface area contributed by atoms with Crippen LogP contribution in [0.3, 0.4) is 0 Å². The summed E-state index contributed by atoms with van der Waals surface area (Å²) in [5.74, 6) is -7.21. The van der Waals surface area contributed by atoms with Crippen LogP contribution in [0, 0.1) is 23.4 Å². The molecule has 0 spiro atoms. The Balaban J connectivity index is 1.72. The van der Waals surface area contributed by atoms with E-state index >= 15 is 0 Å². The van der Waals surface area contributed by atoms with Gasteiger partial charge in [-0.3, -0.25) is 4.39 Å². The van der Waals surface area contributed by atoms with E-state index in [-0.39, 0.29) is 23.5 Å². The molecule has 0 amide bonds. The summed E-state index contributed by atoms with van der Waals surface area (Å²) in [6.45, 7) is -0.471. The monoisotopic (exact) mass is 544 g/mol. The Morgan fingerprint density at radius 1 is 0.892 bits per heavy atom. The van der Waals surface area contributed by atoms with Crippen LogP contribution >= 0.6 is 0 Å². The van der Waals surface area contributed by atoms with Gasteiger partial charge in [0.2, 0.25) is 0 Å². The molecule has 1 unspecified atom stereocenters. The molecule has 1 saturated carbocycles. The average Bonchev–Trinajstić information content (AvgIpc) is 2.80. The van der Waals surface area contributed by atoms with Crippen LogP contribution in [0.1, 0.15) is 49.1 Å². The Morgan fingerprint density at radius 3 is 2.05 bits per heavy atom. The van der Waals surface area contributed by atoms with Gasteiger partial charge >= 0.3 is 18.6 Å². The minimum Gasteiger partial charge on any atom is -0.449 e. The molecule has 204 valence electrons. The number of ether oxygens (including phenoxy) is 2. The lowest BCUT2D eigenvalue weighted by molar-refractivity contribution is -0.237. The molecular formula is C25H22F10O2. The summed E-state index contributed by atoms with van der Waals surface area (Å²) in [6.07, 6.45) is -7.60. The topological polar surface area (TPSA) is 18.5 Å². The number of alkyl halides is 7. The number of allylic oxidation sites excluding steroid dienone is 2. The smallest absolute Gasteiger partial charge is 0.449 e. The zero-order chi connectivity index (χ0) is 27.4. The molecule has 1 aliphatic rings. The van der Waals surface area contributed by atoms with Gasteiger partial charge in [-0.15, -0.1) is 0 Å². The number of hydrogen-bond acceptors (Lipinski definition) is 2. The highest BCUT2D eigenvalue weighted by molar-refractivity contribution is 5.35. The van der Waals surface area contributed by atoms with Gasteiger partial charge in [0, 0.05) is 6.07 Å². The normalized spacial score (nSPS) is 19.7. The van der Waals surface area contributed by atoms with Crippen LogP contribution < -0.4 is 9.47 Å². The molecule has 2 aromatic rings. The highest BCUT2D eigenvalue weighted by Gasteiger charge is 2.44. The molecule has 1 aliphatic carbocycles. The van der Waals surface area contributed by atoms with Crippen molar-refractivity contribution in [1.29, 1.82) is 0 Å². The predicted octanol–water partition coefficient (Wildman–Crippen LogP) is 8.66. The summed E-state index contributed by atoms with van der Waals surface area (Å²) in [4.78, 5) is 0. The largest absolute Gasteiger partial charge is 0.457 e. The van der Waals surface area contributed by atoms with Gasteiger partial charge in [0.25, 0.3) is 0 Å². The molecule has 0 aromatic heterocycles. The first kappa shape index (κ1) is 28.6. The molecule has 2 aromatic carbocycles. The van der Waals surface area contributed by atoms with E-state index < -0.39 is 59.8 Å². The maximum atomic E-state index is 14.7. The number of benzene rings is 2. The maximum absolute atomic E-state index is 14.7. The van der Waals surface area contributed by atoms with E-state index in [0.29, 0.717) is 44.2 Å². The summed E-state index contributed by atoms with van der Waals surface area (Å²) >= 11 is 0. The lowest BCUT2D eigenvalue weighted by atomic mass is 9.78. The second kappa shape index (κ2) is 11.6. The van der Waals surface area contributed by atoms with E-state index in [1.807, 2.05) is 6.08 Å². The van der Waals surface area contributed by atoms with Crippen molar-refractivity contribution in [3.63, 3.8) is 0 Å². The van der Waals surface area contributed by atoms with Crippen LogP contribution in [-0.2, 0) is 6.11 Å². The quantitative estimate of drug-likeness (QED) is 0.232. The van der Waals surface area contributed by atoms with Crippen molar-refractivity contribution in [3.8, 4) is 11.5 Å². The highest BCUT2D eigenvalue weighted by atomic mass is 19.4. The third-order valence-electron chi connectivity index (χ3n) is 5.92. The standard InChI is InChI=1S/C25H22F10O2/c26-10-2-1-3-14-4-6-15(7-5-14)16-11-19(28)22(20(29)12-16)25(34,35)37-17-8-9-21(18(27)13-17)36-23(30)24(31,32)33/h1,3,8-9,11-15,23H,2,4-7,10H2/b3-1+. The van der Waals surface area contributed by atoms with Gasteiger partial charge in [0.15, 0.2) is 11.6 Å². The van der Waals surface area contributed by atoms with Gasteiger partial charge in [0.05, 0.1) is 6.67 Å². The average molecular weight is 544 g/mol. The molecule has 0 radical (unpaired) electrons. The summed E-state index contributed by atoms with van der Waals surface area (Å²) < 4.78 is 142. The van der Waals surface area contributed by atoms with E-state index in [2.05, 4.69) is 9.47 Å². The van der Waals surface area contributed by atoms with Crippen LogP contribution in [0.4, 0.5) is 43.9 Å². The molecule has 1 fully saturated rings. The van der Waals surface area contributed by atoms with Crippen molar-refractivity contribution >= 4 is 0 Å². The second-order valence-corrected chi connectivity index (χ2v) is 8.56. The molecule has 12 heteroatoms. The van der Waals surface area contributed by atoms with Crippen molar-refractivity contribution in [2.24, 2.45) is 5.92 Å². The summed E-state index contributed by atoms with van der Waals surface area (Å²) in [7, 11) is 0. The van der Waals surface area contributed by atoms with E-state index in [1.165, 1.54) is 0 Å². The molecule has 1 atom stereocenters. The summed E-state index contributed by atoms with van der Waals surface area (Å²) in [6, 6.07) is 2.64. The van der Waals surface area contributed by atoms with Gasteiger partial charge in [-0.25, -0.2) is 13.2 Å². The van der Waals surface area contributed by atoms with Gasteiger partial charge in [-0.1, -0.05) is 12.2 Å². The fraction of sp³-hybridized carbons (Fsp3) is 0.440. The number of hydrogen-bond donors (Lipinski definition) is 0.